The first-order chi connectivity index (χ1) is 13.9. The fourth-order valence-electron chi connectivity index (χ4n) is 3.43. The van der Waals surface area contributed by atoms with Crippen LogP contribution in [-0.2, 0) is 17.8 Å². The molecular weight excluding hydrogens is 366 g/mol. The third-order valence-corrected chi connectivity index (χ3v) is 5.17. The van der Waals surface area contributed by atoms with Gasteiger partial charge < -0.3 is 10.6 Å². The molecule has 1 saturated heterocycles. The minimum absolute atomic E-state index is 0.0197. The van der Waals surface area contributed by atoms with Crippen LogP contribution in [0.15, 0.2) is 48.5 Å². The Bertz CT molecular complexity index is 890. The summed E-state index contributed by atoms with van der Waals surface area (Å²) in [5.74, 6) is -0.219. The van der Waals surface area contributed by atoms with Gasteiger partial charge in [0.1, 0.15) is 0 Å². The van der Waals surface area contributed by atoms with Gasteiger partial charge in [-0.25, -0.2) is 4.79 Å². The van der Waals surface area contributed by atoms with E-state index in [0.29, 0.717) is 5.56 Å². The lowest BCUT2D eigenvalue weighted by Crippen LogP contribution is -2.32. The molecule has 1 heterocycles. The van der Waals surface area contributed by atoms with E-state index in [4.69, 9.17) is 0 Å². The van der Waals surface area contributed by atoms with E-state index in [9.17, 15) is 14.4 Å². The molecule has 1 aliphatic heterocycles. The smallest absolute Gasteiger partial charge is 0.324 e. The van der Waals surface area contributed by atoms with Gasteiger partial charge in [-0.2, -0.15) is 0 Å². The highest BCUT2D eigenvalue weighted by atomic mass is 16.2. The Morgan fingerprint density at radius 2 is 1.83 bits per heavy atom. The molecule has 3 rings (SSSR count). The van der Waals surface area contributed by atoms with Crippen LogP contribution in [0.2, 0.25) is 0 Å². The van der Waals surface area contributed by atoms with Gasteiger partial charge in [0.2, 0.25) is 5.91 Å². The molecule has 0 bridgehead atoms. The van der Waals surface area contributed by atoms with Crippen LogP contribution in [0.3, 0.4) is 0 Å². The van der Waals surface area contributed by atoms with E-state index in [-0.39, 0.29) is 36.9 Å². The number of hydrogen-bond donors (Lipinski definition) is 2. The SMILES string of the molecule is CCc1ccc(C(NC(=O)c2cccc(CN3C(=O)CNC3=O)c2)C(C)C)cc1. The van der Waals surface area contributed by atoms with Crippen LogP contribution in [0.4, 0.5) is 4.79 Å². The maximum absolute atomic E-state index is 12.9. The maximum atomic E-state index is 12.9. The van der Waals surface area contributed by atoms with Crippen LogP contribution in [0.1, 0.15) is 53.9 Å². The summed E-state index contributed by atoms with van der Waals surface area (Å²) in [4.78, 5) is 37.6. The van der Waals surface area contributed by atoms with Crippen LogP contribution < -0.4 is 10.6 Å². The average Bonchev–Trinajstić information content (AvgIpc) is 3.04. The zero-order valence-electron chi connectivity index (χ0n) is 17.1. The minimum Gasteiger partial charge on any atom is -0.345 e. The lowest BCUT2D eigenvalue weighted by molar-refractivity contribution is -0.125. The van der Waals surface area contributed by atoms with Crippen LogP contribution in [0.5, 0.6) is 0 Å². The molecule has 1 fully saturated rings. The number of urea groups is 1. The van der Waals surface area contributed by atoms with Gasteiger partial charge in [-0.3, -0.25) is 14.5 Å². The molecule has 0 radical (unpaired) electrons. The van der Waals surface area contributed by atoms with E-state index in [1.807, 2.05) is 0 Å². The number of amides is 4. The van der Waals surface area contributed by atoms with E-state index < -0.39 is 6.03 Å². The standard InChI is InChI=1S/C23H27N3O3/c1-4-16-8-10-18(11-9-16)21(15(2)3)25-22(28)19-7-5-6-17(12-19)14-26-20(27)13-24-23(26)29/h5-12,15,21H,4,13-14H2,1-3H3,(H,24,29)(H,25,28). The Kier molecular flexibility index (Phi) is 6.32. The number of rotatable bonds is 7. The predicted octanol–water partition coefficient (Wildman–Crippen LogP) is 3.43. The normalized spacial score (nSPS) is 14.8. The van der Waals surface area contributed by atoms with Crippen molar-refractivity contribution in [3.8, 4) is 0 Å². The molecule has 6 heteroatoms. The largest absolute Gasteiger partial charge is 0.345 e. The second-order valence-electron chi connectivity index (χ2n) is 7.63. The maximum Gasteiger partial charge on any atom is 0.324 e. The van der Waals surface area contributed by atoms with Crippen molar-refractivity contribution in [2.24, 2.45) is 5.92 Å². The molecule has 0 saturated carbocycles. The average molecular weight is 393 g/mol. The van der Waals surface area contributed by atoms with Crippen LogP contribution in [0.25, 0.3) is 0 Å². The number of imide groups is 1. The van der Waals surface area contributed by atoms with Crippen molar-refractivity contribution in [3.05, 3.63) is 70.8 Å². The van der Waals surface area contributed by atoms with Gasteiger partial charge in [-0.1, -0.05) is 57.2 Å². The number of nitrogens with zero attached hydrogens (tertiary/aromatic N) is 1. The molecule has 2 aromatic rings. The molecule has 1 aliphatic rings. The summed E-state index contributed by atoms with van der Waals surface area (Å²) in [5, 5.41) is 5.63. The fourth-order valence-corrected chi connectivity index (χ4v) is 3.43. The Balaban J connectivity index is 1.74. The van der Waals surface area contributed by atoms with Crippen molar-refractivity contribution in [2.45, 2.75) is 39.8 Å². The van der Waals surface area contributed by atoms with E-state index in [2.05, 4.69) is 55.7 Å². The molecule has 4 amide bonds. The number of hydrogen-bond acceptors (Lipinski definition) is 3. The molecule has 2 aromatic carbocycles. The lowest BCUT2D eigenvalue weighted by atomic mass is 9.94. The van der Waals surface area contributed by atoms with Gasteiger partial charge in [-0.05, 0) is 41.2 Å². The summed E-state index contributed by atoms with van der Waals surface area (Å²) in [6, 6.07) is 14.8. The molecule has 0 aliphatic carbocycles. The first-order valence-electron chi connectivity index (χ1n) is 9.96. The summed E-state index contributed by atoms with van der Waals surface area (Å²) in [5.41, 5.74) is 3.57. The zero-order chi connectivity index (χ0) is 21.0. The molecule has 6 nitrogen and oxygen atoms in total. The second-order valence-corrected chi connectivity index (χ2v) is 7.63. The first-order valence-corrected chi connectivity index (χ1v) is 9.96. The van der Waals surface area contributed by atoms with Crippen molar-refractivity contribution in [1.82, 2.24) is 15.5 Å². The highest BCUT2D eigenvalue weighted by molar-refractivity contribution is 6.02. The molecule has 0 spiro atoms. The third kappa shape index (κ3) is 4.83. The van der Waals surface area contributed by atoms with Gasteiger partial charge >= 0.3 is 6.03 Å². The zero-order valence-corrected chi connectivity index (χ0v) is 17.1. The minimum atomic E-state index is -0.403. The van der Waals surface area contributed by atoms with Crippen molar-refractivity contribution in [1.29, 1.82) is 0 Å². The topological polar surface area (TPSA) is 78.5 Å². The summed E-state index contributed by atoms with van der Waals surface area (Å²) in [6.45, 7) is 6.44. The Labute approximate surface area is 171 Å². The van der Waals surface area contributed by atoms with Gasteiger partial charge in [0.25, 0.3) is 5.91 Å². The molecule has 1 unspecified atom stereocenters. The monoisotopic (exact) mass is 393 g/mol. The number of carbonyl (C=O) groups is 3. The Morgan fingerprint density at radius 3 is 2.41 bits per heavy atom. The van der Waals surface area contributed by atoms with Crippen LogP contribution in [-0.4, -0.2) is 29.3 Å². The summed E-state index contributed by atoms with van der Waals surface area (Å²) >= 11 is 0. The van der Waals surface area contributed by atoms with E-state index in [1.54, 1.807) is 24.3 Å². The molecule has 0 aromatic heterocycles. The fraction of sp³-hybridized carbons (Fsp3) is 0.348. The highest BCUT2D eigenvalue weighted by Crippen LogP contribution is 2.23. The molecule has 29 heavy (non-hydrogen) atoms. The van der Waals surface area contributed by atoms with Crippen molar-refractivity contribution in [3.63, 3.8) is 0 Å². The van der Waals surface area contributed by atoms with E-state index in [0.717, 1.165) is 22.4 Å². The van der Waals surface area contributed by atoms with Gasteiger partial charge in [-0.15, -0.1) is 0 Å². The molecule has 152 valence electrons. The van der Waals surface area contributed by atoms with Crippen molar-refractivity contribution >= 4 is 17.8 Å². The number of carbonyl (C=O) groups excluding carboxylic acids is 3. The molecule has 2 N–H and O–H groups in total. The van der Waals surface area contributed by atoms with E-state index >= 15 is 0 Å². The number of nitrogens with one attached hydrogen (secondary N) is 2. The van der Waals surface area contributed by atoms with E-state index in [1.165, 1.54) is 5.56 Å². The molecular formula is C23H27N3O3. The number of aryl methyl sites for hydroxylation is 1. The highest BCUT2D eigenvalue weighted by Gasteiger charge is 2.28. The summed E-state index contributed by atoms with van der Waals surface area (Å²) in [7, 11) is 0. The summed E-state index contributed by atoms with van der Waals surface area (Å²) in [6.07, 6.45) is 0.976. The lowest BCUT2D eigenvalue weighted by Gasteiger charge is -2.23. The third-order valence-electron chi connectivity index (χ3n) is 5.17. The predicted molar refractivity (Wildman–Crippen MR) is 111 cm³/mol. The van der Waals surface area contributed by atoms with Gasteiger partial charge in [0.15, 0.2) is 0 Å². The summed E-state index contributed by atoms with van der Waals surface area (Å²) < 4.78 is 0. The quantitative estimate of drug-likeness (QED) is 0.708. The van der Waals surface area contributed by atoms with Crippen molar-refractivity contribution in [2.75, 3.05) is 6.54 Å². The molecule has 1 atom stereocenters. The van der Waals surface area contributed by atoms with Crippen LogP contribution in [0, 0.1) is 5.92 Å². The Morgan fingerprint density at radius 1 is 1.10 bits per heavy atom. The van der Waals surface area contributed by atoms with Gasteiger partial charge in [0.05, 0.1) is 19.1 Å². The van der Waals surface area contributed by atoms with Gasteiger partial charge in [0, 0.05) is 5.56 Å². The second kappa shape index (κ2) is 8.90. The number of benzene rings is 2. The van der Waals surface area contributed by atoms with Crippen molar-refractivity contribution < 1.29 is 14.4 Å². The van der Waals surface area contributed by atoms with Crippen LogP contribution >= 0.6 is 0 Å². The first kappa shape index (κ1) is 20.6. The Hall–Kier alpha value is -3.15.